The van der Waals surface area contributed by atoms with Crippen molar-refractivity contribution in [3.05, 3.63) is 30.2 Å². The van der Waals surface area contributed by atoms with Crippen molar-refractivity contribution >= 4 is 5.65 Å². The van der Waals surface area contributed by atoms with Gasteiger partial charge in [0.25, 0.3) is 0 Å². The van der Waals surface area contributed by atoms with E-state index in [0.29, 0.717) is 12.1 Å². The molecule has 2 aromatic rings. The molecule has 1 aliphatic rings. The first-order valence-corrected chi connectivity index (χ1v) is 7.48. The molecule has 1 saturated heterocycles. The Labute approximate surface area is 120 Å². The van der Waals surface area contributed by atoms with Crippen LogP contribution in [0, 0.1) is 0 Å². The van der Waals surface area contributed by atoms with Crippen LogP contribution >= 0.6 is 0 Å². The molecule has 0 radical (unpaired) electrons. The largest absolute Gasteiger partial charge is 0.493 e. The fourth-order valence-corrected chi connectivity index (χ4v) is 3.22. The van der Waals surface area contributed by atoms with Crippen molar-refractivity contribution in [3.63, 3.8) is 0 Å². The molecule has 0 aliphatic carbocycles. The molecule has 108 valence electrons. The zero-order valence-electron chi connectivity index (χ0n) is 12.5. The van der Waals surface area contributed by atoms with Crippen LogP contribution in [0.1, 0.15) is 44.8 Å². The van der Waals surface area contributed by atoms with E-state index in [4.69, 9.17) is 9.72 Å². The standard InChI is InChI=1S/C16H23N3O/c1-12(2)19-10-5-4-7-14(19)13-11-18-9-6-8-15(20-3)16(18)17-13/h6,8-9,11-12,14H,4-5,7,10H2,1-3H3. The maximum atomic E-state index is 5.41. The minimum Gasteiger partial charge on any atom is -0.493 e. The average molecular weight is 273 g/mol. The van der Waals surface area contributed by atoms with Gasteiger partial charge < -0.3 is 9.14 Å². The molecule has 2 aromatic heterocycles. The van der Waals surface area contributed by atoms with E-state index in [9.17, 15) is 0 Å². The fourth-order valence-electron chi connectivity index (χ4n) is 3.22. The summed E-state index contributed by atoms with van der Waals surface area (Å²) >= 11 is 0. The number of hydrogen-bond donors (Lipinski definition) is 0. The predicted molar refractivity (Wildman–Crippen MR) is 80.2 cm³/mol. The summed E-state index contributed by atoms with van der Waals surface area (Å²) in [5.41, 5.74) is 2.09. The smallest absolute Gasteiger partial charge is 0.179 e. The lowest BCUT2D eigenvalue weighted by Crippen LogP contribution is -2.38. The van der Waals surface area contributed by atoms with Gasteiger partial charge in [0.05, 0.1) is 18.8 Å². The third-order valence-electron chi connectivity index (χ3n) is 4.23. The van der Waals surface area contributed by atoms with E-state index in [-0.39, 0.29) is 0 Å². The van der Waals surface area contributed by atoms with Gasteiger partial charge in [-0.05, 0) is 45.4 Å². The Morgan fingerprint density at radius 1 is 1.35 bits per heavy atom. The van der Waals surface area contributed by atoms with Crippen LogP contribution in [0.4, 0.5) is 0 Å². The third kappa shape index (κ3) is 2.29. The lowest BCUT2D eigenvalue weighted by Gasteiger charge is -2.37. The summed E-state index contributed by atoms with van der Waals surface area (Å²) in [5, 5.41) is 0. The quantitative estimate of drug-likeness (QED) is 0.859. The fraction of sp³-hybridized carbons (Fsp3) is 0.562. The molecule has 1 atom stereocenters. The van der Waals surface area contributed by atoms with Crippen molar-refractivity contribution in [3.8, 4) is 5.75 Å². The highest BCUT2D eigenvalue weighted by Crippen LogP contribution is 2.33. The average Bonchev–Trinajstić information content (AvgIpc) is 2.90. The van der Waals surface area contributed by atoms with Crippen molar-refractivity contribution in [2.45, 2.75) is 45.2 Å². The van der Waals surface area contributed by atoms with E-state index in [1.807, 2.05) is 18.3 Å². The van der Waals surface area contributed by atoms with E-state index >= 15 is 0 Å². The lowest BCUT2D eigenvalue weighted by molar-refractivity contribution is 0.109. The lowest BCUT2D eigenvalue weighted by atomic mass is 9.98. The summed E-state index contributed by atoms with van der Waals surface area (Å²) in [4.78, 5) is 7.40. The van der Waals surface area contributed by atoms with Gasteiger partial charge in [-0.25, -0.2) is 4.98 Å². The van der Waals surface area contributed by atoms with Crippen LogP contribution in [0.3, 0.4) is 0 Å². The van der Waals surface area contributed by atoms with E-state index in [1.165, 1.54) is 31.5 Å². The highest BCUT2D eigenvalue weighted by Gasteiger charge is 2.28. The molecule has 1 fully saturated rings. The Balaban J connectivity index is 2.00. The first-order valence-electron chi connectivity index (χ1n) is 7.48. The van der Waals surface area contributed by atoms with Gasteiger partial charge in [0.2, 0.25) is 0 Å². The van der Waals surface area contributed by atoms with Crippen molar-refractivity contribution in [1.82, 2.24) is 14.3 Å². The molecule has 0 N–H and O–H groups in total. The number of likely N-dealkylation sites (tertiary alicyclic amines) is 1. The normalized spacial score (nSPS) is 20.7. The van der Waals surface area contributed by atoms with Gasteiger partial charge in [-0.1, -0.05) is 6.42 Å². The number of rotatable bonds is 3. The van der Waals surface area contributed by atoms with Crippen molar-refractivity contribution in [1.29, 1.82) is 0 Å². The van der Waals surface area contributed by atoms with Crippen LogP contribution in [0.15, 0.2) is 24.5 Å². The molecule has 4 heteroatoms. The van der Waals surface area contributed by atoms with Gasteiger partial charge >= 0.3 is 0 Å². The molecule has 0 bridgehead atoms. The van der Waals surface area contributed by atoms with Crippen LogP contribution in [0.2, 0.25) is 0 Å². The first-order chi connectivity index (χ1) is 9.70. The number of aromatic nitrogens is 2. The van der Waals surface area contributed by atoms with Gasteiger partial charge in [-0.3, -0.25) is 4.90 Å². The Hall–Kier alpha value is -1.55. The minimum atomic E-state index is 0.438. The summed E-state index contributed by atoms with van der Waals surface area (Å²) in [5.74, 6) is 0.839. The van der Waals surface area contributed by atoms with Gasteiger partial charge in [0, 0.05) is 18.4 Å². The maximum Gasteiger partial charge on any atom is 0.179 e. The van der Waals surface area contributed by atoms with E-state index in [1.54, 1.807) is 7.11 Å². The summed E-state index contributed by atoms with van der Waals surface area (Å²) in [7, 11) is 1.70. The minimum absolute atomic E-state index is 0.438. The summed E-state index contributed by atoms with van der Waals surface area (Å²) in [6.45, 7) is 5.72. The molecular weight excluding hydrogens is 250 g/mol. The molecule has 1 unspecified atom stereocenters. The number of ether oxygens (including phenoxy) is 1. The van der Waals surface area contributed by atoms with Crippen LogP contribution in [-0.2, 0) is 0 Å². The highest BCUT2D eigenvalue weighted by molar-refractivity contribution is 5.54. The van der Waals surface area contributed by atoms with Crippen LogP contribution in [-0.4, -0.2) is 34.0 Å². The molecule has 0 saturated carbocycles. The number of methoxy groups -OCH3 is 1. The molecule has 4 nitrogen and oxygen atoms in total. The van der Waals surface area contributed by atoms with Gasteiger partial charge in [0.15, 0.2) is 11.4 Å². The van der Waals surface area contributed by atoms with Crippen LogP contribution in [0.5, 0.6) is 5.75 Å². The van der Waals surface area contributed by atoms with Crippen molar-refractivity contribution in [2.75, 3.05) is 13.7 Å². The summed E-state index contributed by atoms with van der Waals surface area (Å²) in [6.07, 6.45) is 7.98. The molecule has 20 heavy (non-hydrogen) atoms. The molecule has 1 aliphatic heterocycles. The Morgan fingerprint density at radius 3 is 2.95 bits per heavy atom. The molecule has 0 amide bonds. The molecule has 3 heterocycles. The van der Waals surface area contributed by atoms with E-state index < -0.39 is 0 Å². The number of pyridine rings is 1. The number of nitrogens with zero attached hydrogens (tertiary/aromatic N) is 3. The third-order valence-corrected chi connectivity index (χ3v) is 4.23. The van der Waals surface area contributed by atoms with Crippen LogP contribution < -0.4 is 4.74 Å². The second kappa shape index (κ2) is 5.44. The van der Waals surface area contributed by atoms with Crippen LogP contribution in [0.25, 0.3) is 5.65 Å². The SMILES string of the molecule is COc1cccn2cc(C3CCCCN3C(C)C)nc12. The second-order valence-electron chi connectivity index (χ2n) is 5.82. The van der Waals surface area contributed by atoms with Gasteiger partial charge in [-0.2, -0.15) is 0 Å². The van der Waals surface area contributed by atoms with E-state index in [2.05, 4.69) is 29.3 Å². The Kier molecular flexibility index (Phi) is 3.66. The first kappa shape index (κ1) is 13.4. The highest BCUT2D eigenvalue weighted by atomic mass is 16.5. The zero-order chi connectivity index (χ0) is 14.1. The van der Waals surface area contributed by atoms with Gasteiger partial charge in [-0.15, -0.1) is 0 Å². The number of fused-ring (bicyclic) bond motifs is 1. The topological polar surface area (TPSA) is 29.8 Å². The number of imidazole rings is 1. The number of hydrogen-bond acceptors (Lipinski definition) is 3. The molecule has 3 rings (SSSR count). The zero-order valence-corrected chi connectivity index (χ0v) is 12.5. The molecule has 0 spiro atoms. The predicted octanol–water partition coefficient (Wildman–Crippen LogP) is 3.28. The maximum absolute atomic E-state index is 5.41. The Morgan fingerprint density at radius 2 is 2.20 bits per heavy atom. The van der Waals surface area contributed by atoms with Gasteiger partial charge in [0.1, 0.15) is 0 Å². The molecular formula is C16H23N3O. The Bertz CT molecular complexity index is 590. The van der Waals surface area contributed by atoms with Crippen molar-refractivity contribution in [2.24, 2.45) is 0 Å². The van der Waals surface area contributed by atoms with Crippen molar-refractivity contribution < 1.29 is 4.74 Å². The monoisotopic (exact) mass is 273 g/mol. The molecule has 0 aromatic carbocycles. The second-order valence-corrected chi connectivity index (χ2v) is 5.82. The van der Waals surface area contributed by atoms with E-state index in [0.717, 1.165) is 11.4 Å². The number of piperidine rings is 1. The summed E-state index contributed by atoms with van der Waals surface area (Å²) < 4.78 is 7.48. The summed E-state index contributed by atoms with van der Waals surface area (Å²) in [6, 6.07) is 4.96.